The molecule has 0 fully saturated rings. The molecule has 0 nitrogen and oxygen atoms in total. The molecular formula is C14H12Br2. The van der Waals surface area contributed by atoms with Crippen molar-refractivity contribution in [1.82, 2.24) is 0 Å². The molecule has 82 valence electrons. The minimum absolute atomic E-state index is 1.07. The van der Waals surface area contributed by atoms with E-state index in [2.05, 4.69) is 74.3 Å². The summed E-state index contributed by atoms with van der Waals surface area (Å²) in [5.41, 5.74) is 2.74. The number of rotatable bonds is 3. The van der Waals surface area contributed by atoms with Crippen LogP contribution in [0.3, 0.4) is 0 Å². The average Bonchev–Trinajstić information content (AvgIpc) is 2.30. The maximum absolute atomic E-state index is 3.57. The first-order valence-electron chi connectivity index (χ1n) is 5.23. The van der Waals surface area contributed by atoms with Crippen LogP contribution in [-0.2, 0) is 12.8 Å². The monoisotopic (exact) mass is 338 g/mol. The summed E-state index contributed by atoms with van der Waals surface area (Å²) in [5, 5.41) is 0. The van der Waals surface area contributed by atoms with E-state index >= 15 is 0 Å². The van der Waals surface area contributed by atoms with Crippen molar-refractivity contribution in [2.24, 2.45) is 0 Å². The van der Waals surface area contributed by atoms with Gasteiger partial charge in [0.15, 0.2) is 0 Å². The average molecular weight is 340 g/mol. The summed E-state index contributed by atoms with van der Waals surface area (Å²) >= 11 is 7.02. The Morgan fingerprint density at radius 1 is 0.750 bits per heavy atom. The van der Waals surface area contributed by atoms with E-state index < -0.39 is 0 Å². The molecule has 0 aliphatic rings. The van der Waals surface area contributed by atoms with Crippen molar-refractivity contribution in [2.75, 3.05) is 0 Å². The maximum atomic E-state index is 3.57. The summed E-state index contributed by atoms with van der Waals surface area (Å²) in [6, 6.07) is 16.9. The van der Waals surface area contributed by atoms with Gasteiger partial charge in [-0.3, -0.25) is 0 Å². The number of hydrogen-bond acceptors (Lipinski definition) is 0. The van der Waals surface area contributed by atoms with Crippen molar-refractivity contribution >= 4 is 31.9 Å². The smallest absolute Gasteiger partial charge is 0.0207 e. The van der Waals surface area contributed by atoms with Gasteiger partial charge in [-0.05, 0) is 42.2 Å². The highest BCUT2D eigenvalue weighted by atomic mass is 79.9. The largest absolute Gasteiger partial charge is 0.0619 e. The Morgan fingerprint density at radius 3 is 2.12 bits per heavy atom. The molecule has 0 heterocycles. The zero-order chi connectivity index (χ0) is 11.4. The minimum Gasteiger partial charge on any atom is -0.0619 e. The first-order chi connectivity index (χ1) is 7.75. The lowest BCUT2D eigenvalue weighted by atomic mass is 10.0. The van der Waals surface area contributed by atoms with Gasteiger partial charge in [-0.1, -0.05) is 62.2 Å². The van der Waals surface area contributed by atoms with E-state index in [9.17, 15) is 0 Å². The van der Waals surface area contributed by atoms with E-state index in [1.165, 1.54) is 15.6 Å². The summed E-state index contributed by atoms with van der Waals surface area (Å²) < 4.78 is 2.34. The van der Waals surface area contributed by atoms with Gasteiger partial charge in [0.2, 0.25) is 0 Å². The molecule has 0 saturated heterocycles. The molecule has 2 rings (SSSR count). The van der Waals surface area contributed by atoms with Crippen LogP contribution in [0.1, 0.15) is 11.1 Å². The van der Waals surface area contributed by atoms with Gasteiger partial charge in [0.05, 0.1) is 0 Å². The van der Waals surface area contributed by atoms with Crippen LogP contribution in [0, 0.1) is 0 Å². The van der Waals surface area contributed by atoms with Gasteiger partial charge in [-0.2, -0.15) is 0 Å². The lowest BCUT2D eigenvalue weighted by molar-refractivity contribution is 0.954. The first kappa shape index (κ1) is 11.9. The van der Waals surface area contributed by atoms with Crippen LogP contribution in [-0.4, -0.2) is 0 Å². The normalized spacial score (nSPS) is 10.4. The van der Waals surface area contributed by atoms with Crippen LogP contribution >= 0.6 is 31.9 Å². The third-order valence-electron chi connectivity index (χ3n) is 2.55. The second-order valence-corrected chi connectivity index (χ2v) is 5.49. The van der Waals surface area contributed by atoms with Crippen molar-refractivity contribution < 1.29 is 0 Å². The lowest BCUT2D eigenvalue weighted by Crippen LogP contribution is -1.91. The fourth-order valence-corrected chi connectivity index (χ4v) is 2.38. The van der Waals surface area contributed by atoms with Crippen LogP contribution < -0.4 is 0 Å². The topological polar surface area (TPSA) is 0 Å². The van der Waals surface area contributed by atoms with Gasteiger partial charge in [0, 0.05) is 8.95 Å². The summed E-state index contributed by atoms with van der Waals surface area (Å²) in [6.45, 7) is 0. The Kier molecular flexibility index (Phi) is 4.19. The SMILES string of the molecule is Brc1ccc(CCc2ccccc2Br)cc1. The van der Waals surface area contributed by atoms with E-state index in [-0.39, 0.29) is 0 Å². The molecule has 2 heteroatoms. The van der Waals surface area contributed by atoms with Gasteiger partial charge in [-0.15, -0.1) is 0 Å². The van der Waals surface area contributed by atoms with E-state index in [4.69, 9.17) is 0 Å². The van der Waals surface area contributed by atoms with Gasteiger partial charge >= 0.3 is 0 Å². The second kappa shape index (κ2) is 5.65. The fourth-order valence-electron chi connectivity index (χ4n) is 1.63. The predicted molar refractivity (Wildman–Crippen MR) is 75.7 cm³/mol. The fraction of sp³-hybridized carbons (Fsp3) is 0.143. The molecule has 0 N–H and O–H groups in total. The molecule has 0 aromatic heterocycles. The highest BCUT2D eigenvalue weighted by molar-refractivity contribution is 9.10. The minimum atomic E-state index is 1.07. The molecule has 0 aliphatic heterocycles. The van der Waals surface area contributed by atoms with Crippen LogP contribution in [0.15, 0.2) is 57.5 Å². The maximum Gasteiger partial charge on any atom is 0.0207 e. The zero-order valence-corrected chi connectivity index (χ0v) is 12.0. The lowest BCUT2D eigenvalue weighted by Gasteiger charge is -2.04. The number of halogens is 2. The number of aryl methyl sites for hydroxylation is 2. The Bertz CT molecular complexity index is 460. The molecule has 0 bridgehead atoms. The summed E-state index contributed by atoms with van der Waals surface area (Å²) in [5.74, 6) is 0. The molecule has 0 unspecified atom stereocenters. The number of hydrogen-bond donors (Lipinski definition) is 0. The number of benzene rings is 2. The zero-order valence-electron chi connectivity index (χ0n) is 8.79. The quantitative estimate of drug-likeness (QED) is 0.738. The molecule has 0 saturated carbocycles. The van der Waals surface area contributed by atoms with Gasteiger partial charge < -0.3 is 0 Å². The van der Waals surface area contributed by atoms with Crippen LogP contribution in [0.4, 0.5) is 0 Å². The standard InChI is InChI=1S/C14H12Br2/c15-13-9-6-11(7-10-13)5-8-12-3-1-2-4-14(12)16/h1-4,6-7,9-10H,5,8H2. The molecule has 2 aromatic rings. The molecule has 2 aromatic carbocycles. The van der Waals surface area contributed by atoms with Crippen molar-refractivity contribution in [3.05, 3.63) is 68.6 Å². The van der Waals surface area contributed by atoms with E-state index in [1.54, 1.807) is 0 Å². The van der Waals surface area contributed by atoms with Crippen LogP contribution in [0.25, 0.3) is 0 Å². The molecule has 16 heavy (non-hydrogen) atoms. The Labute approximate surface area is 113 Å². The first-order valence-corrected chi connectivity index (χ1v) is 6.82. The molecule has 0 aliphatic carbocycles. The van der Waals surface area contributed by atoms with Crippen molar-refractivity contribution in [3.8, 4) is 0 Å². The summed E-state index contributed by atoms with van der Waals surface area (Å²) in [4.78, 5) is 0. The predicted octanol–water partition coefficient (Wildman–Crippen LogP) is 5.00. The van der Waals surface area contributed by atoms with Crippen molar-refractivity contribution in [1.29, 1.82) is 0 Å². The van der Waals surface area contributed by atoms with Crippen molar-refractivity contribution in [2.45, 2.75) is 12.8 Å². The van der Waals surface area contributed by atoms with E-state index in [0.29, 0.717) is 0 Å². The van der Waals surface area contributed by atoms with Gasteiger partial charge in [0.1, 0.15) is 0 Å². The third-order valence-corrected chi connectivity index (χ3v) is 3.86. The van der Waals surface area contributed by atoms with E-state index in [0.717, 1.165) is 17.3 Å². The highest BCUT2D eigenvalue weighted by Gasteiger charge is 1.99. The molecule has 0 radical (unpaired) electrons. The van der Waals surface area contributed by atoms with Crippen molar-refractivity contribution in [3.63, 3.8) is 0 Å². The van der Waals surface area contributed by atoms with E-state index in [1.807, 2.05) is 6.07 Å². The van der Waals surface area contributed by atoms with Crippen LogP contribution in [0.5, 0.6) is 0 Å². The molecule has 0 atom stereocenters. The second-order valence-electron chi connectivity index (χ2n) is 3.72. The Hall–Kier alpha value is -0.600. The summed E-state index contributed by atoms with van der Waals surface area (Å²) in [6.07, 6.45) is 2.15. The molecule has 0 spiro atoms. The highest BCUT2D eigenvalue weighted by Crippen LogP contribution is 2.18. The van der Waals surface area contributed by atoms with Crippen LogP contribution in [0.2, 0.25) is 0 Å². The van der Waals surface area contributed by atoms with Gasteiger partial charge in [-0.25, -0.2) is 0 Å². The summed E-state index contributed by atoms with van der Waals surface area (Å²) in [7, 11) is 0. The Balaban J connectivity index is 2.02. The third kappa shape index (κ3) is 3.19. The Morgan fingerprint density at radius 2 is 1.44 bits per heavy atom. The molecule has 0 amide bonds. The molecular weight excluding hydrogens is 328 g/mol. The van der Waals surface area contributed by atoms with Gasteiger partial charge in [0.25, 0.3) is 0 Å².